The number of nitrogens with one attached hydrogen (secondary N) is 1. The van der Waals surface area contributed by atoms with Crippen molar-refractivity contribution in [3.63, 3.8) is 0 Å². The summed E-state index contributed by atoms with van der Waals surface area (Å²) in [6, 6.07) is 22.1. The Morgan fingerprint density at radius 2 is 1.55 bits per heavy atom. The second-order valence-corrected chi connectivity index (χ2v) is 7.42. The van der Waals surface area contributed by atoms with Crippen LogP contribution in [-0.2, 0) is 19.6 Å². The molecule has 4 nitrogen and oxygen atoms in total. The first-order valence-electron chi connectivity index (χ1n) is 9.57. The quantitative estimate of drug-likeness (QED) is 0.416. The summed E-state index contributed by atoms with van der Waals surface area (Å²) in [6.45, 7) is 1.97. The zero-order valence-corrected chi connectivity index (χ0v) is 18.4. The van der Waals surface area contributed by atoms with E-state index in [0.29, 0.717) is 13.2 Å². The van der Waals surface area contributed by atoms with E-state index in [1.807, 2.05) is 48.5 Å². The zero-order chi connectivity index (χ0) is 20.5. The predicted octanol–water partition coefficient (Wildman–Crippen LogP) is 5.38. The summed E-state index contributed by atoms with van der Waals surface area (Å²) in [5.74, 6) is 2.41. The van der Waals surface area contributed by atoms with E-state index < -0.39 is 0 Å². The van der Waals surface area contributed by atoms with E-state index in [1.54, 1.807) is 14.2 Å². The fourth-order valence-corrected chi connectivity index (χ4v) is 3.59. The Morgan fingerprint density at radius 3 is 2.31 bits per heavy atom. The predicted molar refractivity (Wildman–Crippen MR) is 120 cm³/mol. The van der Waals surface area contributed by atoms with Gasteiger partial charge in [-0.3, -0.25) is 0 Å². The number of para-hydroxylation sites is 1. The molecule has 0 saturated carbocycles. The number of ether oxygens (including phenoxy) is 3. The lowest BCUT2D eigenvalue weighted by molar-refractivity contribution is 0.280. The van der Waals surface area contributed by atoms with E-state index in [0.717, 1.165) is 45.8 Å². The maximum absolute atomic E-state index is 6.16. The van der Waals surface area contributed by atoms with Crippen LogP contribution in [0.15, 0.2) is 71.2 Å². The molecule has 0 amide bonds. The van der Waals surface area contributed by atoms with Gasteiger partial charge in [-0.05, 0) is 42.3 Å². The summed E-state index contributed by atoms with van der Waals surface area (Å²) in [6.07, 6.45) is 0.881. The largest absolute Gasteiger partial charge is 0.496 e. The van der Waals surface area contributed by atoms with Crippen LogP contribution in [-0.4, -0.2) is 20.8 Å². The molecule has 0 radical (unpaired) electrons. The Morgan fingerprint density at radius 1 is 0.828 bits per heavy atom. The lowest BCUT2D eigenvalue weighted by Crippen LogP contribution is -2.18. The topological polar surface area (TPSA) is 39.7 Å². The molecule has 0 fully saturated rings. The third-order valence-electron chi connectivity index (χ3n) is 4.68. The second kappa shape index (κ2) is 10.9. The van der Waals surface area contributed by atoms with E-state index >= 15 is 0 Å². The molecule has 0 aromatic heterocycles. The van der Waals surface area contributed by atoms with Crippen molar-refractivity contribution >= 4 is 15.9 Å². The van der Waals surface area contributed by atoms with Gasteiger partial charge in [0.15, 0.2) is 11.5 Å². The van der Waals surface area contributed by atoms with Crippen LogP contribution in [0.3, 0.4) is 0 Å². The minimum Gasteiger partial charge on any atom is -0.496 e. The first kappa shape index (κ1) is 21.2. The van der Waals surface area contributed by atoms with Crippen LogP contribution in [0.4, 0.5) is 0 Å². The molecule has 3 aromatic rings. The van der Waals surface area contributed by atoms with Crippen molar-refractivity contribution in [3.05, 3.63) is 87.9 Å². The van der Waals surface area contributed by atoms with Crippen molar-refractivity contribution in [1.29, 1.82) is 0 Å². The second-order valence-electron chi connectivity index (χ2n) is 6.57. The molecule has 0 aliphatic heterocycles. The van der Waals surface area contributed by atoms with Crippen molar-refractivity contribution in [2.24, 2.45) is 0 Å². The van der Waals surface area contributed by atoms with Crippen molar-refractivity contribution in [3.8, 4) is 17.2 Å². The van der Waals surface area contributed by atoms with Gasteiger partial charge >= 0.3 is 0 Å². The SMILES string of the molecule is COc1ccccc1CCNCc1c(Br)ccc(OC)c1OCc1ccccc1. The monoisotopic (exact) mass is 455 g/mol. The number of benzene rings is 3. The smallest absolute Gasteiger partial charge is 0.167 e. The third-order valence-corrected chi connectivity index (χ3v) is 5.42. The van der Waals surface area contributed by atoms with E-state index in [4.69, 9.17) is 14.2 Å². The molecule has 1 N–H and O–H groups in total. The number of methoxy groups -OCH3 is 2. The molecule has 29 heavy (non-hydrogen) atoms. The summed E-state index contributed by atoms with van der Waals surface area (Å²) >= 11 is 3.66. The Kier molecular flexibility index (Phi) is 7.96. The Labute approximate surface area is 180 Å². The van der Waals surface area contributed by atoms with E-state index in [9.17, 15) is 0 Å². The van der Waals surface area contributed by atoms with Crippen LogP contribution in [0.25, 0.3) is 0 Å². The van der Waals surface area contributed by atoms with E-state index in [-0.39, 0.29) is 0 Å². The molecule has 0 atom stereocenters. The lowest BCUT2D eigenvalue weighted by Gasteiger charge is -2.17. The normalized spacial score (nSPS) is 10.6. The van der Waals surface area contributed by atoms with Gasteiger partial charge in [0.2, 0.25) is 0 Å². The van der Waals surface area contributed by atoms with Crippen LogP contribution in [0.2, 0.25) is 0 Å². The maximum Gasteiger partial charge on any atom is 0.167 e. The standard InChI is InChI=1S/C24H26BrNO3/c1-27-22-11-7-6-10-19(22)14-15-26-16-20-21(25)12-13-23(28-2)24(20)29-17-18-8-4-3-5-9-18/h3-13,26H,14-17H2,1-2H3. The highest BCUT2D eigenvalue weighted by molar-refractivity contribution is 9.10. The summed E-state index contributed by atoms with van der Waals surface area (Å²) in [5.41, 5.74) is 3.35. The average molecular weight is 456 g/mol. The molecule has 0 saturated heterocycles. The van der Waals surface area contributed by atoms with Gasteiger partial charge in [-0.25, -0.2) is 0 Å². The van der Waals surface area contributed by atoms with Gasteiger partial charge in [-0.2, -0.15) is 0 Å². The Hall–Kier alpha value is -2.50. The van der Waals surface area contributed by atoms with Crippen LogP contribution in [0, 0.1) is 0 Å². The molecule has 0 aliphatic rings. The van der Waals surface area contributed by atoms with Gasteiger partial charge in [0.1, 0.15) is 12.4 Å². The number of rotatable bonds is 10. The van der Waals surface area contributed by atoms with Gasteiger partial charge in [-0.15, -0.1) is 0 Å². The van der Waals surface area contributed by atoms with E-state index in [2.05, 4.69) is 39.4 Å². The molecular formula is C24H26BrNO3. The number of hydrogen-bond donors (Lipinski definition) is 1. The van der Waals surface area contributed by atoms with Crippen molar-refractivity contribution in [2.75, 3.05) is 20.8 Å². The molecule has 0 spiro atoms. The highest BCUT2D eigenvalue weighted by atomic mass is 79.9. The van der Waals surface area contributed by atoms with Crippen LogP contribution in [0.1, 0.15) is 16.7 Å². The first-order chi connectivity index (χ1) is 14.2. The maximum atomic E-state index is 6.16. The first-order valence-corrected chi connectivity index (χ1v) is 10.4. The molecule has 5 heteroatoms. The van der Waals surface area contributed by atoms with Gasteiger partial charge in [0.25, 0.3) is 0 Å². The molecule has 3 rings (SSSR count). The summed E-state index contributed by atoms with van der Waals surface area (Å²) in [4.78, 5) is 0. The molecular weight excluding hydrogens is 430 g/mol. The van der Waals surface area contributed by atoms with Crippen LogP contribution >= 0.6 is 15.9 Å². The Bertz CT molecular complexity index is 915. The lowest BCUT2D eigenvalue weighted by atomic mass is 10.1. The third kappa shape index (κ3) is 5.75. The highest BCUT2D eigenvalue weighted by Gasteiger charge is 2.15. The summed E-state index contributed by atoms with van der Waals surface area (Å²) in [7, 11) is 3.37. The molecule has 152 valence electrons. The molecule has 0 heterocycles. The van der Waals surface area contributed by atoms with Crippen LogP contribution in [0.5, 0.6) is 17.2 Å². The average Bonchev–Trinajstić information content (AvgIpc) is 2.77. The van der Waals surface area contributed by atoms with Gasteiger partial charge in [0.05, 0.1) is 14.2 Å². The van der Waals surface area contributed by atoms with Crippen molar-refractivity contribution in [1.82, 2.24) is 5.32 Å². The highest BCUT2D eigenvalue weighted by Crippen LogP contribution is 2.36. The molecule has 0 unspecified atom stereocenters. The van der Waals surface area contributed by atoms with Crippen molar-refractivity contribution in [2.45, 2.75) is 19.6 Å². The number of hydrogen-bond acceptors (Lipinski definition) is 4. The minimum atomic E-state index is 0.488. The molecule has 3 aromatic carbocycles. The summed E-state index contributed by atoms with van der Waals surface area (Å²) < 4.78 is 18.1. The zero-order valence-electron chi connectivity index (χ0n) is 16.8. The minimum absolute atomic E-state index is 0.488. The van der Waals surface area contributed by atoms with E-state index in [1.165, 1.54) is 5.56 Å². The summed E-state index contributed by atoms with van der Waals surface area (Å²) in [5, 5.41) is 3.51. The van der Waals surface area contributed by atoms with Crippen molar-refractivity contribution < 1.29 is 14.2 Å². The van der Waals surface area contributed by atoms with Gasteiger partial charge in [-0.1, -0.05) is 64.5 Å². The van der Waals surface area contributed by atoms with Gasteiger partial charge < -0.3 is 19.5 Å². The van der Waals surface area contributed by atoms with Gasteiger partial charge in [0, 0.05) is 16.6 Å². The molecule has 0 bridgehead atoms. The fourth-order valence-electron chi connectivity index (χ4n) is 3.14. The number of halogens is 1. The fraction of sp³-hybridized carbons (Fsp3) is 0.250. The van der Waals surface area contributed by atoms with Crippen LogP contribution < -0.4 is 19.5 Å². The Balaban J connectivity index is 1.67. The molecule has 0 aliphatic carbocycles.